The van der Waals surface area contributed by atoms with Crippen LogP contribution in [0.2, 0.25) is 0 Å². The van der Waals surface area contributed by atoms with E-state index in [4.69, 9.17) is 5.11 Å². The van der Waals surface area contributed by atoms with E-state index in [1.165, 1.54) is 6.07 Å². The van der Waals surface area contributed by atoms with Gasteiger partial charge in [0.2, 0.25) is 0 Å². The molecule has 24 heavy (non-hydrogen) atoms. The molecule has 4 rings (SSSR count). The van der Waals surface area contributed by atoms with Crippen LogP contribution in [0.5, 0.6) is 0 Å². The molecule has 0 amide bonds. The Morgan fingerprint density at radius 2 is 2.17 bits per heavy atom. The van der Waals surface area contributed by atoms with Crippen LogP contribution < -0.4 is 5.32 Å². The van der Waals surface area contributed by atoms with Crippen molar-refractivity contribution >= 4 is 34.2 Å². The van der Waals surface area contributed by atoms with Crippen molar-refractivity contribution in [1.82, 2.24) is 4.98 Å². The quantitative estimate of drug-likeness (QED) is 0.706. The summed E-state index contributed by atoms with van der Waals surface area (Å²) in [5, 5.41) is 12.4. The van der Waals surface area contributed by atoms with E-state index in [2.05, 4.69) is 32.9 Å². The van der Waals surface area contributed by atoms with Gasteiger partial charge >= 0.3 is 5.97 Å². The van der Waals surface area contributed by atoms with E-state index in [9.17, 15) is 9.18 Å². The van der Waals surface area contributed by atoms with E-state index in [0.717, 1.165) is 38.9 Å². The fraction of sp³-hybridized carbons (Fsp3) is 0.333. The highest BCUT2D eigenvalue weighted by molar-refractivity contribution is 14.1. The molecule has 4 nitrogen and oxygen atoms in total. The number of pyridine rings is 1. The van der Waals surface area contributed by atoms with Crippen LogP contribution >= 0.6 is 22.6 Å². The lowest BCUT2D eigenvalue weighted by molar-refractivity contribution is -0.138. The number of rotatable bonds is 4. The molecule has 2 N–H and O–H groups in total. The average Bonchev–Trinajstić information content (AvgIpc) is 3.26. The first-order valence-electron chi connectivity index (χ1n) is 7.96. The van der Waals surface area contributed by atoms with Crippen molar-refractivity contribution in [2.75, 3.05) is 5.32 Å². The monoisotopic (exact) mass is 438 g/mol. The molecule has 0 aliphatic heterocycles. The van der Waals surface area contributed by atoms with Crippen molar-refractivity contribution in [3.05, 3.63) is 56.7 Å². The summed E-state index contributed by atoms with van der Waals surface area (Å²) in [7, 11) is 0. The van der Waals surface area contributed by atoms with Crippen LogP contribution in [0.3, 0.4) is 0 Å². The van der Waals surface area contributed by atoms with Crippen molar-refractivity contribution in [3.63, 3.8) is 0 Å². The predicted octanol–water partition coefficient (Wildman–Crippen LogP) is 4.11. The zero-order valence-electron chi connectivity index (χ0n) is 12.8. The maximum Gasteiger partial charge on any atom is 0.307 e. The van der Waals surface area contributed by atoms with Gasteiger partial charge < -0.3 is 10.4 Å². The fourth-order valence-corrected chi connectivity index (χ4v) is 4.26. The van der Waals surface area contributed by atoms with E-state index in [0.29, 0.717) is 6.42 Å². The number of carboxylic acids is 1. The SMILES string of the molecule is O=C(O)[C@H]1C[C@@H]1c1ccc(N[C@@H]2CCc3c(I)ccc(F)c32)cn1. The molecular formula is C18H16FIN2O2. The highest BCUT2D eigenvalue weighted by Gasteiger charge is 2.45. The number of nitrogens with one attached hydrogen (secondary N) is 1. The van der Waals surface area contributed by atoms with Gasteiger partial charge in [-0.15, -0.1) is 0 Å². The van der Waals surface area contributed by atoms with Crippen molar-refractivity contribution in [3.8, 4) is 0 Å². The van der Waals surface area contributed by atoms with Crippen molar-refractivity contribution in [1.29, 1.82) is 0 Å². The fourth-order valence-electron chi connectivity index (χ4n) is 3.52. The lowest BCUT2D eigenvalue weighted by Crippen LogP contribution is -2.09. The summed E-state index contributed by atoms with van der Waals surface area (Å²) in [4.78, 5) is 15.3. The van der Waals surface area contributed by atoms with Gasteiger partial charge in [0.1, 0.15) is 5.82 Å². The molecule has 0 saturated heterocycles. The molecule has 2 aromatic rings. The molecule has 124 valence electrons. The van der Waals surface area contributed by atoms with E-state index in [1.54, 1.807) is 6.20 Å². The van der Waals surface area contributed by atoms with E-state index in [-0.39, 0.29) is 23.7 Å². The second-order valence-electron chi connectivity index (χ2n) is 6.42. The summed E-state index contributed by atoms with van der Waals surface area (Å²) in [6, 6.07) is 7.08. The summed E-state index contributed by atoms with van der Waals surface area (Å²) in [6.07, 6.45) is 4.11. The molecule has 1 saturated carbocycles. The topological polar surface area (TPSA) is 62.2 Å². The van der Waals surface area contributed by atoms with Crippen LogP contribution in [-0.4, -0.2) is 16.1 Å². The highest BCUT2D eigenvalue weighted by atomic mass is 127. The third-order valence-electron chi connectivity index (χ3n) is 4.89. The molecule has 2 aliphatic rings. The Hall–Kier alpha value is -1.70. The average molecular weight is 438 g/mol. The Kier molecular flexibility index (Phi) is 3.94. The number of halogens is 2. The number of aromatic nitrogens is 1. The Morgan fingerprint density at radius 1 is 1.33 bits per heavy atom. The zero-order chi connectivity index (χ0) is 16.8. The Morgan fingerprint density at radius 3 is 2.83 bits per heavy atom. The molecule has 6 heteroatoms. The molecule has 0 radical (unpaired) electrons. The number of hydrogen-bond donors (Lipinski definition) is 2. The minimum absolute atomic E-state index is 0.0304. The molecule has 2 aliphatic carbocycles. The molecular weight excluding hydrogens is 422 g/mol. The van der Waals surface area contributed by atoms with E-state index >= 15 is 0 Å². The molecule has 1 aromatic carbocycles. The number of anilines is 1. The normalized spacial score (nSPS) is 24.5. The van der Waals surface area contributed by atoms with Crippen LogP contribution in [0.1, 0.15) is 41.6 Å². The van der Waals surface area contributed by atoms with Gasteiger partial charge in [0.25, 0.3) is 0 Å². The third-order valence-corrected chi connectivity index (χ3v) is 5.90. The molecule has 1 heterocycles. The largest absolute Gasteiger partial charge is 0.481 e. The summed E-state index contributed by atoms with van der Waals surface area (Å²) >= 11 is 2.25. The lowest BCUT2D eigenvalue weighted by Gasteiger charge is -2.16. The van der Waals surface area contributed by atoms with Crippen molar-refractivity contribution in [2.45, 2.75) is 31.2 Å². The summed E-state index contributed by atoms with van der Waals surface area (Å²) in [5.74, 6) is -1.18. The Balaban J connectivity index is 1.50. The van der Waals surface area contributed by atoms with Crippen molar-refractivity contribution < 1.29 is 14.3 Å². The molecule has 0 bridgehead atoms. The van der Waals surface area contributed by atoms with Crippen LogP contribution in [0.4, 0.5) is 10.1 Å². The second kappa shape index (κ2) is 5.98. The maximum atomic E-state index is 14.2. The number of hydrogen-bond acceptors (Lipinski definition) is 3. The zero-order valence-corrected chi connectivity index (χ0v) is 15.0. The van der Waals surface area contributed by atoms with Crippen LogP contribution in [0.15, 0.2) is 30.5 Å². The first-order chi connectivity index (χ1) is 11.5. The van der Waals surface area contributed by atoms with Gasteiger partial charge in [0, 0.05) is 20.7 Å². The van der Waals surface area contributed by atoms with Crippen LogP contribution in [0.25, 0.3) is 0 Å². The maximum absolute atomic E-state index is 14.2. The smallest absolute Gasteiger partial charge is 0.307 e. The lowest BCUT2D eigenvalue weighted by atomic mass is 10.1. The number of benzene rings is 1. The number of fused-ring (bicyclic) bond motifs is 1. The minimum Gasteiger partial charge on any atom is -0.481 e. The van der Waals surface area contributed by atoms with Gasteiger partial charge in [-0.25, -0.2) is 4.39 Å². The molecule has 1 aromatic heterocycles. The second-order valence-corrected chi connectivity index (χ2v) is 7.58. The van der Waals surface area contributed by atoms with Gasteiger partial charge in [-0.3, -0.25) is 9.78 Å². The summed E-state index contributed by atoms with van der Waals surface area (Å²) < 4.78 is 15.3. The molecule has 1 fully saturated rings. The van der Waals surface area contributed by atoms with Crippen LogP contribution in [-0.2, 0) is 11.2 Å². The van der Waals surface area contributed by atoms with E-state index in [1.807, 2.05) is 18.2 Å². The number of aliphatic carboxylic acids is 1. The van der Waals surface area contributed by atoms with Crippen molar-refractivity contribution in [2.24, 2.45) is 5.92 Å². The van der Waals surface area contributed by atoms with Crippen LogP contribution in [0, 0.1) is 15.3 Å². The number of nitrogens with zero attached hydrogens (tertiary/aromatic N) is 1. The minimum atomic E-state index is -0.753. The van der Waals surface area contributed by atoms with Gasteiger partial charge in [0.05, 0.1) is 23.8 Å². The number of carbonyl (C=O) groups is 1. The Bertz CT molecular complexity index is 809. The highest BCUT2D eigenvalue weighted by Crippen LogP contribution is 2.47. The standard InChI is InChI=1S/C18H16FIN2O2/c19-13-3-4-14(20)10-2-6-16(17(10)13)22-9-1-5-15(21-8-9)11-7-12(11)18(23)24/h1,3-5,8,11-12,16,22H,2,6-7H2,(H,23,24)/t11-,12-,16+/m0/s1. The van der Waals surface area contributed by atoms with Gasteiger partial charge in [-0.2, -0.15) is 0 Å². The summed E-state index contributed by atoms with van der Waals surface area (Å²) in [6.45, 7) is 0. The molecule has 0 unspecified atom stereocenters. The van der Waals surface area contributed by atoms with Gasteiger partial charge in [-0.05, 0) is 71.7 Å². The summed E-state index contributed by atoms with van der Waals surface area (Å²) in [5.41, 5.74) is 3.52. The molecule has 3 atom stereocenters. The third kappa shape index (κ3) is 2.76. The molecule has 0 spiro atoms. The first-order valence-corrected chi connectivity index (χ1v) is 9.04. The predicted molar refractivity (Wildman–Crippen MR) is 96.5 cm³/mol. The number of carboxylic acid groups (broad SMARTS) is 1. The van der Waals surface area contributed by atoms with E-state index < -0.39 is 5.97 Å². The van der Waals surface area contributed by atoms with Gasteiger partial charge in [0.15, 0.2) is 0 Å². The first kappa shape index (κ1) is 15.8. The van der Waals surface area contributed by atoms with Gasteiger partial charge in [-0.1, -0.05) is 0 Å². The Labute approximate surface area is 152 Å².